The molecule has 1 saturated heterocycles. The van der Waals surface area contributed by atoms with Crippen molar-refractivity contribution in [3.8, 4) is 0 Å². The van der Waals surface area contributed by atoms with Gasteiger partial charge in [0.1, 0.15) is 11.5 Å². The van der Waals surface area contributed by atoms with Crippen LogP contribution in [0.2, 0.25) is 0 Å². The molecule has 0 bridgehead atoms. The highest BCUT2D eigenvalue weighted by atomic mass is 19.1. The average Bonchev–Trinajstić information content (AvgIpc) is 2.80. The van der Waals surface area contributed by atoms with Crippen molar-refractivity contribution in [1.29, 1.82) is 0 Å². The normalized spacial score (nSPS) is 14.2. The second-order valence-electron chi connectivity index (χ2n) is 6.88. The van der Waals surface area contributed by atoms with E-state index in [1.807, 2.05) is 0 Å². The summed E-state index contributed by atoms with van der Waals surface area (Å²) in [5.41, 5.74) is 0.523. The fourth-order valence-corrected chi connectivity index (χ4v) is 3.16. The summed E-state index contributed by atoms with van der Waals surface area (Å²) in [5, 5.41) is 2.62. The van der Waals surface area contributed by atoms with Crippen LogP contribution in [0.1, 0.15) is 22.8 Å². The van der Waals surface area contributed by atoms with Crippen LogP contribution in [0.3, 0.4) is 0 Å². The molecule has 0 spiro atoms. The van der Waals surface area contributed by atoms with Crippen LogP contribution in [0, 0.1) is 5.82 Å². The van der Waals surface area contributed by atoms with E-state index in [9.17, 15) is 18.8 Å². The van der Waals surface area contributed by atoms with E-state index >= 15 is 0 Å². The monoisotopic (exact) mass is 425 g/mol. The molecule has 31 heavy (non-hydrogen) atoms. The maximum atomic E-state index is 14.2. The fourth-order valence-electron chi connectivity index (χ4n) is 3.16. The minimum Gasteiger partial charge on any atom is -0.450 e. The molecule has 1 heterocycles. The number of hydrogen-bond acceptors (Lipinski definition) is 4. The van der Waals surface area contributed by atoms with Gasteiger partial charge in [-0.1, -0.05) is 36.4 Å². The van der Waals surface area contributed by atoms with Gasteiger partial charge in [0.2, 0.25) is 0 Å². The first-order chi connectivity index (χ1) is 15.0. The van der Waals surface area contributed by atoms with Crippen LogP contribution in [0.15, 0.2) is 60.3 Å². The number of halogens is 1. The third kappa shape index (κ3) is 5.69. The Balaban J connectivity index is 1.79. The zero-order valence-corrected chi connectivity index (χ0v) is 17.2. The maximum Gasteiger partial charge on any atom is 0.409 e. The standard InChI is InChI=1S/C23H24FN3O4/c1-2-31-23(30)27-14-12-26(13-15-27)22(29)20(16-18-10-6-7-11-19(18)24)25-21(28)17-8-4-3-5-9-17/h3-11,16H,2,12-15H2,1H3,(H,25,28). The van der Waals surface area contributed by atoms with Crippen LogP contribution in [0.5, 0.6) is 0 Å². The van der Waals surface area contributed by atoms with Crippen molar-refractivity contribution in [3.63, 3.8) is 0 Å². The minimum absolute atomic E-state index is 0.0384. The number of nitrogens with one attached hydrogen (secondary N) is 1. The Hall–Kier alpha value is -3.68. The predicted octanol–water partition coefficient (Wildman–Crippen LogP) is 2.90. The van der Waals surface area contributed by atoms with Gasteiger partial charge < -0.3 is 19.9 Å². The van der Waals surface area contributed by atoms with E-state index in [2.05, 4.69) is 5.32 Å². The number of amides is 3. The Kier molecular flexibility index (Phi) is 7.37. The first kappa shape index (κ1) is 22.0. The lowest BCUT2D eigenvalue weighted by Crippen LogP contribution is -2.52. The van der Waals surface area contributed by atoms with Gasteiger partial charge in [0.05, 0.1) is 6.61 Å². The highest BCUT2D eigenvalue weighted by Gasteiger charge is 2.27. The Labute approximate surface area is 180 Å². The van der Waals surface area contributed by atoms with Crippen LogP contribution in [-0.4, -0.2) is 60.5 Å². The summed E-state index contributed by atoms with van der Waals surface area (Å²) in [6, 6.07) is 14.5. The number of piperazine rings is 1. The third-order valence-corrected chi connectivity index (χ3v) is 4.81. The number of carbonyl (C=O) groups excluding carboxylic acids is 3. The van der Waals surface area contributed by atoms with Crippen LogP contribution in [0.25, 0.3) is 6.08 Å². The van der Waals surface area contributed by atoms with Gasteiger partial charge in [-0.05, 0) is 31.2 Å². The van der Waals surface area contributed by atoms with E-state index in [1.165, 1.54) is 28.0 Å². The molecule has 0 unspecified atom stereocenters. The van der Waals surface area contributed by atoms with Gasteiger partial charge in [-0.2, -0.15) is 0 Å². The molecular formula is C23H24FN3O4. The molecule has 0 atom stereocenters. The molecule has 3 amide bonds. The number of hydrogen-bond donors (Lipinski definition) is 1. The zero-order chi connectivity index (χ0) is 22.2. The van der Waals surface area contributed by atoms with Crippen molar-refractivity contribution < 1.29 is 23.5 Å². The molecule has 1 aliphatic heterocycles. The molecule has 0 aliphatic carbocycles. The van der Waals surface area contributed by atoms with Crippen molar-refractivity contribution in [1.82, 2.24) is 15.1 Å². The summed E-state index contributed by atoms with van der Waals surface area (Å²) in [6.07, 6.45) is 0.907. The Morgan fingerprint density at radius 3 is 2.23 bits per heavy atom. The van der Waals surface area contributed by atoms with E-state index in [1.54, 1.807) is 49.4 Å². The van der Waals surface area contributed by atoms with Crippen molar-refractivity contribution in [3.05, 3.63) is 77.2 Å². The summed E-state index contributed by atoms with van der Waals surface area (Å²) in [7, 11) is 0. The summed E-state index contributed by atoms with van der Waals surface area (Å²) in [6.45, 7) is 3.17. The van der Waals surface area contributed by atoms with Gasteiger partial charge in [0, 0.05) is 37.3 Å². The molecule has 0 aromatic heterocycles. The summed E-state index contributed by atoms with van der Waals surface area (Å²) >= 11 is 0. The average molecular weight is 425 g/mol. The lowest BCUT2D eigenvalue weighted by atomic mass is 10.1. The van der Waals surface area contributed by atoms with E-state index in [0.29, 0.717) is 18.7 Å². The van der Waals surface area contributed by atoms with Crippen molar-refractivity contribution in [2.75, 3.05) is 32.8 Å². The van der Waals surface area contributed by atoms with Gasteiger partial charge >= 0.3 is 6.09 Å². The Morgan fingerprint density at radius 2 is 1.58 bits per heavy atom. The number of benzene rings is 2. The first-order valence-electron chi connectivity index (χ1n) is 10.0. The first-order valence-corrected chi connectivity index (χ1v) is 10.0. The number of carbonyl (C=O) groups is 3. The third-order valence-electron chi connectivity index (χ3n) is 4.81. The number of ether oxygens (including phenoxy) is 1. The second kappa shape index (κ2) is 10.4. The molecule has 1 fully saturated rings. The van der Waals surface area contributed by atoms with E-state index < -0.39 is 23.7 Å². The molecule has 0 radical (unpaired) electrons. The minimum atomic E-state index is -0.506. The second-order valence-corrected chi connectivity index (χ2v) is 6.88. The largest absolute Gasteiger partial charge is 0.450 e. The highest BCUT2D eigenvalue weighted by molar-refractivity contribution is 6.05. The van der Waals surface area contributed by atoms with Gasteiger partial charge in [-0.3, -0.25) is 9.59 Å². The van der Waals surface area contributed by atoms with E-state index in [-0.39, 0.29) is 31.0 Å². The Morgan fingerprint density at radius 1 is 0.968 bits per heavy atom. The van der Waals surface area contributed by atoms with Gasteiger partial charge in [0.15, 0.2) is 0 Å². The number of rotatable bonds is 5. The van der Waals surface area contributed by atoms with E-state index in [0.717, 1.165) is 0 Å². The summed E-state index contributed by atoms with van der Waals surface area (Å²) in [5.74, 6) is -1.42. The highest BCUT2D eigenvalue weighted by Crippen LogP contribution is 2.14. The zero-order valence-electron chi connectivity index (χ0n) is 17.2. The molecule has 3 rings (SSSR count). The molecule has 1 aliphatic rings. The fraction of sp³-hybridized carbons (Fsp3) is 0.261. The lowest BCUT2D eigenvalue weighted by molar-refractivity contribution is -0.128. The molecule has 2 aromatic carbocycles. The summed E-state index contributed by atoms with van der Waals surface area (Å²) in [4.78, 5) is 40.7. The number of nitrogens with zero attached hydrogens (tertiary/aromatic N) is 2. The maximum absolute atomic E-state index is 14.2. The molecule has 0 saturated carbocycles. The van der Waals surface area contributed by atoms with Gasteiger partial charge in [-0.25, -0.2) is 9.18 Å². The smallest absolute Gasteiger partial charge is 0.409 e. The Bertz CT molecular complexity index is 970. The summed E-state index contributed by atoms with van der Waals surface area (Å²) < 4.78 is 19.2. The van der Waals surface area contributed by atoms with Crippen LogP contribution < -0.4 is 5.32 Å². The molecule has 8 heteroatoms. The van der Waals surface area contributed by atoms with Crippen LogP contribution in [-0.2, 0) is 9.53 Å². The molecule has 1 N–H and O–H groups in total. The van der Waals surface area contributed by atoms with Crippen LogP contribution in [0.4, 0.5) is 9.18 Å². The SMILES string of the molecule is CCOC(=O)N1CCN(C(=O)C(=Cc2ccccc2F)NC(=O)c2ccccc2)CC1. The topological polar surface area (TPSA) is 79.0 Å². The van der Waals surface area contributed by atoms with Crippen molar-refractivity contribution >= 4 is 24.0 Å². The van der Waals surface area contributed by atoms with Crippen molar-refractivity contribution in [2.45, 2.75) is 6.92 Å². The van der Waals surface area contributed by atoms with Crippen LogP contribution >= 0.6 is 0 Å². The van der Waals surface area contributed by atoms with Crippen molar-refractivity contribution in [2.24, 2.45) is 0 Å². The molecule has 2 aromatic rings. The lowest BCUT2D eigenvalue weighted by Gasteiger charge is -2.34. The molecule has 162 valence electrons. The predicted molar refractivity (Wildman–Crippen MR) is 113 cm³/mol. The molecular weight excluding hydrogens is 401 g/mol. The quantitative estimate of drug-likeness (QED) is 0.748. The molecule has 7 nitrogen and oxygen atoms in total. The van der Waals surface area contributed by atoms with Gasteiger partial charge in [0.25, 0.3) is 11.8 Å². The van der Waals surface area contributed by atoms with Gasteiger partial charge in [-0.15, -0.1) is 0 Å². The van der Waals surface area contributed by atoms with E-state index in [4.69, 9.17) is 4.74 Å².